The lowest BCUT2D eigenvalue weighted by atomic mass is 10.1. The Labute approximate surface area is 143 Å². The van der Waals surface area contributed by atoms with Crippen molar-refractivity contribution in [1.82, 2.24) is 10.2 Å². The molecule has 0 aliphatic heterocycles. The van der Waals surface area contributed by atoms with Crippen molar-refractivity contribution >= 4 is 34.5 Å². The quantitative estimate of drug-likeness (QED) is 0.235. The number of esters is 1. The van der Waals surface area contributed by atoms with Gasteiger partial charge in [-0.1, -0.05) is 11.8 Å². The summed E-state index contributed by atoms with van der Waals surface area (Å²) >= 11 is 0.513. The maximum Gasteiger partial charge on any atom is 0.416 e. The molecule has 1 aromatic carbocycles. The minimum atomic E-state index is -4.52. The minimum absolute atomic E-state index is 0.0837. The van der Waals surface area contributed by atoms with Crippen LogP contribution in [-0.2, 0) is 15.7 Å². The Hall–Kier alpha value is -2.43. The van der Waals surface area contributed by atoms with Crippen LogP contribution in [0.1, 0.15) is 12.5 Å². The van der Waals surface area contributed by atoms with Crippen molar-refractivity contribution in [2.45, 2.75) is 18.7 Å². The van der Waals surface area contributed by atoms with Gasteiger partial charge in [0.2, 0.25) is 5.63 Å². The summed E-state index contributed by atoms with van der Waals surface area (Å²) in [6.07, 6.45) is -4.52. The molecular formula is C14H14F4N4O2S. The molecule has 0 aliphatic carbocycles. The molecule has 2 aromatic rings. The van der Waals surface area contributed by atoms with E-state index >= 15 is 0 Å². The molecule has 0 unspecified atom stereocenters. The van der Waals surface area contributed by atoms with E-state index < -0.39 is 23.3 Å². The molecule has 0 radical (unpaired) electrons. The smallest absolute Gasteiger partial charge is 0.416 e. The Morgan fingerprint density at radius 3 is 2.88 bits per heavy atom. The van der Waals surface area contributed by atoms with E-state index in [1.807, 2.05) is 0 Å². The topological polar surface area (TPSA) is 93.0 Å². The van der Waals surface area contributed by atoms with Crippen LogP contribution < -0.4 is 11.1 Å². The summed E-state index contributed by atoms with van der Waals surface area (Å²) in [7, 11) is 0. The summed E-state index contributed by atoms with van der Waals surface area (Å²) in [5.74, 6) is -0.883. The van der Waals surface area contributed by atoms with Crippen molar-refractivity contribution in [3.63, 3.8) is 0 Å². The number of rotatable bonds is 6. The van der Waals surface area contributed by atoms with Crippen molar-refractivity contribution in [3.05, 3.63) is 34.9 Å². The highest BCUT2D eigenvalue weighted by Crippen LogP contribution is 2.33. The zero-order valence-electron chi connectivity index (χ0n) is 12.9. The number of nitrogens with two attached hydrogens (primary N) is 1. The number of fused-ring (bicyclic) bond motifs is 1. The normalized spacial score (nSPS) is 13.7. The lowest BCUT2D eigenvalue weighted by molar-refractivity contribution is -0.139. The average Bonchev–Trinajstić information content (AvgIpc) is 2.94. The fourth-order valence-corrected chi connectivity index (χ4v) is 2.38. The van der Waals surface area contributed by atoms with Crippen LogP contribution in [0.5, 0.6) is 0 Å². The van der Waals surface area contributed by atoms with E-state index in [4.69, 9.17) is 5.73 Å². The number of aromatic amines is 1. The standard InChI is InChI=1S/C14H14F4N4O2S/c1-2-24-12(23)9(19)6-25-13(15)20-11-8-5-7(14(16,17)18)3-4-10(8)21-22-11/h3-6,13H,2,19H2,1H3,(H2,20,21,22)/b9-6-/t13-/m0/s1. The van der Waals surface area contributed by atoms with Gasteiger partial charge < -0.3 is 15.8 Å². The van der Waals surface area contributed by atoms with E-state index in [9.17, 15) is 22.4 Å². The average molecular weight is 378 g/mol. The monoisotopic (exact) mass is 378 g/mol. The first kappa shape index (κ1) is 18.9. The molecule has 25 heavy (non-hydrogen) atoms. The number of aromatic nitrogens is 2. The maximum atomic E-state index is 14.0. The van der Waals surface area contributed by atoms with Crippen LogP contribution in [0.25, 0.3) is 10.9 Å². The van der Waals surface area contributed by atoms with E-state index in [2.05, 4.69) is 20.3 Å². The number of anilines is 1. The molecule has 11 heteroatoms. The summed E-state index contributed by atoms with van der Waals surface area (Å²) in [6.45, 7) is 1.71. The van der Waals surface area contributed by atoms with Gasteiger partial charge in [0.25, 0.3) is 0 Å². The first-order valence-electron chi connectivity index (χ1n) is 6.96. The second-order valence-electron chi connectivity index (χ2n) is 4.72. The number of nitrogens with one attached hydrogen (secondary N) is 2. The number of carbonyl (C=O) groups excluding carboxylic acids is 1. The Morgan fingerprint density at radius 1 is 1.52 bits per heavy atom. The van der Waals surface area contributed by atoms with E-state index in [0.717, 1.165) is 17.5 Å². The van der Waals surface area contributed by atoms with Crippen molar-refractivity contribution in [1.29, 1.82) is 0 Å². The van der Waals surface area contributed by atoms with Gasteiger partial charge >= 0.3 is 12.1 Å². The molecule has 4 N–H and O–H groups in total. The summed E-state index contributed by atoms with van der Waals surface area (Å²) in [4.78, 5) is 11.3. The molecule has 0 spiro atoms. The number of benzene rings is 1. The number of hydrogen-bond donors (Lipinski definition) is 3. The first-order chi connectivity index (χ1) is 11.7. The number of H-pyrrole nitrogens is 1. The number of thioether (sulfide) groups is 1. The van der Waals surface area contributed by atoms with Crippen LogP contribution in [0.4, 0.5) is 23.4 Å². The molecule has 0 saturated heterocycles. The van der Waals surface area contributed by atoms with Crippen LogP contribution in [-0.4, -0.2) is 28.4 Å². The van der Waals surface area contributed by atoms with Gasteiger partial charge in [0.1, 0.15) is 5.70 Å². The van der Waals surface area contributed by atoms with E-state index in [1.54, 1.807) is 6.92 Å². The predicted molar refractivity (Wildman–Crippen MR) is 86.1 cm³/mol. The number of halogens is 4. The SMILES string of the molecule is CCOC(=O)/C(N)=C/S[C@@H](F)Nc1n[nH]c2ccc(C(F)(F)F)cc12. The number of ether oxygens (including phenoxy) is 1. The van der Waals surface area contributed by atoms with Crippen molar-refractivity contribution in [3.8, 4) is 0 Å². The zero-order valence-corrected chi connectivity index (χ0v) is 13.7. The van der Waals surface area contributed by atoms with Gasteiger partial charge in [0, 0.05) is 10.8 Å². The lowest BCUT2D eigenvalue weighted by Crippen LogP contribution is -2.15. The Bertz CT molecular complexity index is 791. The second-order valence-corrected chi connectivity index (χ2v) is 5.64. The van der Waals surface area contributed by atoms with Crippen molar-refractivity contribution in [2.24, 2.45) is 5.73 Å². The Balaban J connectivity index is 2.12. The summed E-state index contributed by atoms with van der Waals surface area (Å²) in [5, 5.41) is 9.69. The number of carbonyl (C=O) groups is 1. The maximum absolute atomic E-state index is 14.0. The molecule has 2 rings (SSSR count). The number of hydrogen-bond acceptors (Lipinski definition) is 6. The van der Waals surface area contributed by atoms with E-state index in [0.29, 0.717) is 17.3 Å². The van der Waals surface area contributed by atoms with Crippen LogP contribution in [0.3, 0.4) is 0 Å². The van der Waals surface area contributed by atoms with Crippen LogP contribution in [0.2, 0.25) is 0 Å². The van der Waals surface area contributed by atoms with Gasteiger partial charge in [0.05, 0.1) is 17.7 Å². The van der Waals surface area contributed by atoms with Gasteiger partial charge in [-0.2, -0.15) is 18.3 Å². The van der Waals surface area contributed by atoms with Gasteiger partial charge in [-0.3, -0.25) is 5.10 Å². The largest absolute Gasteiger partial charge is 0.461 e. The molecule has 1 atom stereocenters. The molecule has 1 aromatic heterocycles. The van der Waals surface area contributed by atoms with Gasteiger partial charge in [-0.05, 0) is 25.1 Å². The fraction of sp³-hybridized carbons (Fsp3) is 0.286. The minimum Gasteiger partial charge on any atom is -0.461 e. The molecule has 1 heterocycles. The number of alkyl halides is 4. The molecule has 0 saturated carbocycles. The van der Waals surface area contributed by atoms with Gasteiger partial charge in [0.15, 0.2) is 5.82 Å². The molecular weight excluding hydrogens is 364 g/mol. The van der Waals surface area contributed by atoms with E-state index in [1.165, 1.54) is 6.07 Å². The third kappa shape index (κ3) is 4.78. The third-order valence-corrected chi connectivity index (χ3v) is 3.71. The first-order valence-corrected chi connectivity index (χ1v) is 7.90. The molecule has 0 fully saturated rings. The molecule has 0 aliphatic rings. The summed E-state index contributed by atoms with van der Waals surface area (Å²) in [5.41, 5.74) is 2.76. The molecule has 0 bridgehead atoms. The summed E-state index contributed by atoms with van der Waals surface area (Å²) < 4.78 is 56.9. The van der Waals surface area contributed by atoms with E-state index in [-0.39, 0.29) is 23.5 Å². The third-order valence-electron chi connectivity index (χ3n) is 2.97. The fourth-order valence-electron chi connectivity index (χ4n) is 1.84. The van der Waals surface area contributed by atoms with Crippen molar-refractivity contribution in [2.75, 3.05) is 11.9 Å². The molecule has 0 amide bonds. The predicted octanol–water partition coefficient (Wildman–Crippen LogP) is 3.34. The van der Waals surface area contributed by atoms with Crippen molar-refractivity contribution < 1.29 is 27.1 Å². The van der Waals surface area contributed by atoms with Gasteiger partial charge in [-0.15, -0.1) is 0 Å². The highest BCUT2D eigenvalue weighted by Gasteiger charge is 2.31. The molecule has 136 valence electrons. The second kappa shape index (κ2) is 7.64. The Kier molecular flexibility index (Phi) is 5.77. The lowest BCUT2D eigenvalue weighted by Gasteiger charge is -2.09. The number of nitrogens with zero attached hydrogens (tertiary/aromatic N) is 1. The molecule has 6 nitrogen and oxygen atoms in total. The summed E-state index contributed by atoms with van der Waals surface area (Å²) in [6, 6.07) is 2.96. The Morgan fingerprint density at radius 2 is 2.24 bits per heavy atom. The van der Waals surface area contributed by atoms with Crippen LogP contribution in [0, 0.1) is 0 Å². The van der Waals surface area contributed by atoms with Crippen LogP contribution in [0.15, 0.2) is 29.3 Å². The highest BCUT2D eigenvalue weighted by atomic mass is 32.2. The highest BCUT2D eigenvalue weighted by molar-refractivity contribution is 8.02. The van der Waals surface area contributed by atoms with Crippen LogP contribution >= 0.6 is 11.8 Å². The van der Waals surface area contributed by atoms with Gasteiger partial charge in [-0.25, -0.2) is 9.18 Å². The zero-order chi connectivity index (χ0) is 18.6.